The number of nitrogens with zero attached hydrogens (tertiary/aromatic N) is 4. The molecule has 0 aliphatic rings. The third-order valence-corrected chi connectivity index (χ3v) is 4.64. The SMILES string of the molecule is COc1cc(C)cc(-c2nccn2CCCn2ccnc2C(C)C)c1OC.O=CO.O=CO. The van der Waals surface area contributed by atoms with Crippen LogP contribution >= 0.6 is 0 Å². The van der Waals surface area contributed by atoms with E-state index in [4.69, 9.17) is 29.3 Å². The van der Waals surface area contributed by atoms with Crippen LogP contribution in [0.15, 0.2) is 36.9 Å². The molecule has 33 heavy (non-hydrogen) atoms. The lowest BCUT2D eigenvalue weighted by Crippen LogP contribution is -2.08. The molecule has 10 nitrogen and oxygen atoms in total. The summed E-state index contributed by atoms with van der Waals surface area (Å²) < 4.78 is 15.5. The van der Waals surface area contributed by atoms with Gasteiger partial charge >= 0.3 is 0 Å². The zero-order valence-electron chi connectivity index (χ0n) is 19.6. The summed E-state index contributed by atoms with van der Waals surface area (Å²) >= 11 is 0. The molecule has 0 saturated carbocycles. The maximum atomic E-state index is 8.36. The molecule has 2 N–H and O–H groups in total. The minimum Gasteiger partial charge on any atom is -0.493 e. The van der Waals surface area contributed by atoms with Crippen molar-refractivity contribution in [2.24, 2.45) is 0 Å². The van der Waals surface area contributed by atoms with E-state index in [0.29, 0.717) is 11.7 Å². The van der Waals surface area contributed by atoms with Gasteiger partial charge in [-0.05, 0) is 31.0 Å². The zero-order chi connectivity index (χ0) is 24.8. The molecule has 2 heterocycles. The quantitative estimate of drug-likeness (QED) is 0.487. The van der Waals surface area contributed by atoms with Crippen LogP contribution in [-0.2, 0) is 22.7 Å². The number of methoxy groups -OCH3 is 2. The van der Waals surface area contributed by atoms with E-state index in [9.17, 15) is 0 Å². The molecule has 2 aromatic heterocycles. The highest BCUT2D eigenvalue weighted by Gasteiger charge is 2.17. The molecule has 1 aromatic carbocycles. The van der Waals surface area contributed by atoms with Crippen molar-refractivity contribution >= 4 is 12.9 Å². The highest BCUT2D eigenvalue weighted by atomic mass is 16.5. The summed E-state index contributed by atoms with van der Waals surface area (Å²) in [5.74, 6) is 3.89. The first-order chi connectivity index (χ1) is 15.9. The van der Waals surface area contributed by atoms with E-state index in [0.717, 1.165) is 48.0 Å². The maximum absolute atomic E-state index is 8.36. The Balaban J connectivity index is 0.000000819. The van der Waals surface area contributed by atoms with Crippen LogP contribution in [0, 0.1) is 6.92 Å². The number of benzene rings is 1. The second kappa shape index (κ2) is 14.3. The number of rotatable bonds is 8. The minimum absolute atomic E-state index is 0.250. The Labute approximate surface area is 193 Å². The van der Waals surface area contributed by atoms with E-state index in [1.807, 2.05) is 31.6 Å². The monoisotopic (exact) mass is 460 g/mol. The molecule has 0 fully saturated rings. The van der Waals surface area contributed by atoms with Crippen LogP contribution in [0.2, 0.25) is 0 Å². The molecule has 0 amide bonds. The molecule has 0 aliphatic heterocycles. The molecule has 0 radical (unpaired) electrons. The fourth-order valence-corrected chi connectivity index (χ4v) is 3.42. The predicted octanol–water partition coefficient (Wildman–Crippen LogP) is 3.69. The molecule has 180 valence electrons. The van der Waals surface area contributed by atoms with Gasteiger partial charge in [0.15, 0.2) is 11.5 Å². The van der Waals surface area contributed by atoms with Crippen LogP contribution in [0.5, 0.6) is 11.5 Å². The van der Waals surface area contributed by atoms with Gasteiger partial charge in [0, 0.05) is 43.8 Å². The van der Waals surface area contributed by atoms with Crippen LogP contribution in [-0.4, -0.2) is 56.5 Å². The van der Waals surface area contributed by atoms with E-state index >= 15 is 0 Å². The van der Waals surface area contributed by atoms with Gasteiger partial charge in [0.2, 0.25) is 0 Å². The molecule has 10 heteroatoms. The smallest absolute Gasteiger partial charge is 0.290 e. The number of hydrogen-bond donors (Lipinski definition) is 2. The summed E-state index contributed by atoms with van der Waals surface area (Å²) in [6, 6.07) is 4.06. The number of carboxylic acid groups (broad SMARTS) is 2. The number of hydrogen-bond acceptors (Lipinski definition) is 6. The minimum atomic E-state index is -0.250. The van der Waals surface area contributed by atoms with Gasteiger partial charge in [0.05, 0.1) is 19.8 Å². The van der Waals surface area contributed by atoms with Crippen molar-refractivity contribution < 1.29 is 29.3 Å². The molecule has 3 aromatic rings. The van der Waals surface area contributed by atoms with E-state index < -0.39 is 0 Å². The second-order valence-electron chi connectivity index (χ2n) is 7.19. The number of aromatic nitrogens is 4. The normalized spacial score (nSPS) is 9.88. The lowest BCUT2D eigenvalue weighted by atomic mass is 10.1. The van der Waals surface area contributed by atoms with Crippen LogP contribution in [0.3, 0.4) is 0 Å². The maximum Gasteiger partial charge on any atom is 0.290 e. The summed E-state index contributed by atoms with van der Waals surface area (Å²) in [7, 11) is 3.32. The van der Waals surface area contributed by atoms with Crippen LogP contribution in [0.1, 0.15) is 37.6 Å². The number of imidazole rings is 2. The van der Waals surface area contributed by atoms with Crippen LogP contribution in [0.4, 0.5) is 0 Å². The Hall–Kier alpha value is -3.82. The first-order valence-electron chi connectivity index (χ1n) is 10.3. The average Bonchev–Trinajstić information content (AvgIpc) is 3.44. The van der Waals surface area contributed by atoms with Gasteiger partial charge in [-0.25, -0.2) is 9.97 Å². The van der Waals surface area contributed by atoms with Crippen LogP contribution in [0.25, 0.3) is 11.4 Å². The molecule has 3 rings (SSSR count). The number of aryl methyl sites for hydroxylation is 3. The van der Waals surface area contributed by atoms with Crippen molar-refractivity contribution in [2.75, 3.05) is 14.2 Å². The van der Waals surface area contributed by atoms with Crippen molar-refractivity contribution in [1.29, 1.82) is 0 Å². The summed E-state index contributed by atoms with van der Waals surface area (Å²) in [6.45, 7) is 7.68. The number of ether oxygens (including phenoxy) is 2. The second-order valence-corrected chi connectivity index (χ2v) is 7.19. The van der Waals surface area contributed by atoms with E-state index in [2.05, 4.69) is 45.2 Å². The largest absolute Gasteiger partial charge is 0.493 e. The first kappa shape index (κ1) is 27.2. The Morgan fingerprint density at radius 3 is 2.12 bits per heavy atom. The molecule has 0 bridgehead atoms. The fourth-order valence-electron chi connectivity index (χ4n) is 3.42. The average molecular weight is 461 g/mol. The predicted molar refractivity (Wildman–Crippen MR) is 124 cm³/mol. The third kappa shape index (κ3) is 7.67. The fraction of sp³-hybridized carbons (Fsp3) is 0.391. The van der Waals surface area contributed by atoms with Crippen LogP contribution < -0.4 is 9.47 Å². The van der Waals surface area contributed by atoms with Crippen molar-refractivity contribution in [1.82, 2.24) is 19.1 Å². The van der Waals surface area contributed by atoms with E-state index in [-0.39, 0.29) is 12.9 Å². The van der Waals surface area contributed by atoms with Gasteiger partial charge < -0.3 is 28.8 Å². The Bertz CT molecular complexity index is 991. The number of carbonyl (C=O) groups is 2. The summed E-state index contributed by atoms with van der Waals surface area (Å²) in [5.41, 5.74) is 2.06. The zero-order valence-corrected chi connectivity index (χ0v) is 19.6. The lowest BCUT2D eigenvalue weighted by Gasteiger charge is -2.15. The first-order valence-corrected chi connectivity index (χ1v) is 10.3. The summed E-state index contributed by atoms with van der Waals surface area (Å²) in [5, 5.41) is 13.8. The molecule has 0 saturated heterocycles. The van der Waals surface area contributed by atoms with Crippen molar-refractivity contribution in [3.8, 4) is 22.9 Å². The van der Waals surface area contributed by atoms with Crippen molar-refractivity contribution in [3.63, 3.8) is 0 Å². The van der Waals surface area contributed by atoms with Gasteiger partial charge in [-0.3, -0.25) is 9.59 Å². The van der Waals surface area contributed by atoms with E-state index in [1.54, 1.807) is 14.2 Å². The highest BCUT2D eigenvalue weighted by Crippen LogP contribution is 2.38. The molecular formula is C23H32N4O6. The lowest BCUT2D eigenvalue weighted by molar-refractivity contribution is -0.123. The molecule has 0 aliphatic carbocycles. The topological polar surface area (TPSA) is 129 Å². The van der Waals surface area contributed by atoms with Gasteiger partial charge in [-0.1, -0.05) is 13.8 Å². The molecule has 0 spiro atoms. The van der Waals surface area contributed by atoms with Gasteiger partial charge in [-0.15, -0.1) is 0 Å². The summed E-state index contributed by atoms with van der Waals surface area (Å²) in [6.07, 6.45) is 8.77. The van der Waals surface area contributed by atoms with Crippen molar-refractivity contribution in [2.45, 2.75) is 46.2 Å². The molecular weight excluding hydrogens is 428 g/mol. The Kier molecular flexibility index (Phi) is 11.8. The van der Waals surface area contributed by atoms with Gasteiger partial charge in [0.1, 0.15) is 11.6 Å². The molecule has 0 atom stereocenters. The van der Waals surface area contributed by atoms with Gasteiger partial charge in [-0.2, -0.15) is 0 Å². The molecule has 0 unspecified atom stereocenters. The summed E-state index contributed by atoms with van der Waals surface area (Å²) in [4.78, 5) is 25.8. The standard InChI is InChI=1S/C21H28N4O2.2CH2O2/c1-15(2)20-22-7-11-24(20)9-6-10-25-12-8-23-21(25)17-13-16(3)14-18(26-4)19(17)27-5;2*2-1-3/h7-8,11-15H,6,9-10H2,1-5H3;2*1H,(H,2,3). The van der Waals surface area contributed by atoms with E-state index in [1.165, 1.54) is 0 Å². The van der Waals surface area contributed by atoms with Gasteiger partial charge in [0.25, 0.3) is 12.9 Å². The van der Waals surface area contributed by atoms with Crippen molar-refractivity contribution in [3.05, 3.63) is 48.3 Å². The Morgan fingerprint density at radius 2 is 1.55 bits per heavy atom. The highest BCUT2D eigenvalue weighted by molar-refractivity contribution is 5.70. The third-order valence-electron chi connectivity index (χ3n) is 4.64. The Morgan fingerprint density at radius 1 is 0.970 bits per heavy atom.